The van der Waals surface area contributed by atoms with Crippen LogP contribution in [-0.4, -0.2) is 40.3 Å². The Kier molecular flexibility index (Phi) is 4.01. The number of carbonyl (C=O) groups excluding carboxylic acids is 2. The van der Waals surface area contributed by atoms with Crippen molar-refractivity contribution < 1.29 is 24.5 Å². The molecule has 150 valence electrons. The number of esters is 1. The third-order valence-electron chi connectivity index (χ3n) is 8.62. The van der Waals surface area contributed by atoms with Crippen molar-refractivity contribution >= 4 is 11.8 Å². The normalized spacial score (nSPS) is 50.7. The van der Waals surface area contributed by atoms with Crippen LogP contribution in [-0.2, 0) is 14.3 Å². The highest BCUT2D eigenvalue weighted by Crippen LogP contribution is 2.71. The molecule has 5 heteroatoms. The Hall–Kier alpha value is -1.20. The van der Waals surface area contributed by atoms with Gasteiger partial charge in [0.25, 0.3) is 0 Å². The first-order valence-electron chi connectivity index (χ1n) is 10.2. The molecular formula is C22H32O5. The molecule has 8 atom stereocenters. The average molecular weight is 376 g/mol. The first-order chi connectivity index (χ1) is 12.4. The van der Waals surface area contributed by atoms with Crippen LogP contribution < -0.4 is 0 Å². The number of fused-ring (bicyclic) bond motifs is 3. The van der Waals surface area contributed by atoms with E-state index in [9.17, 15) is 19.8 Å². The van der Waals surface area contributed by atoms with Crippen LogP contribution in [0.25, 0.3) is 0 Å². The minimum Gasteiger partial charge on any atom is -0.462 e. The smallest absolute Gasteiger partial charge is 0.302 e. The summed E-state index contributed by atoms with van der Waals surface area (Å²) in [5.74, 6) is -0.527. The molecule has 0 heterocycles. The maximum atomic E-state index is 13.2. The highest BCUT2D eigenvalue weighted by atomic mass is 16.5. The minimum absolute atomic E-state index is 0.0431. The predicted octanol–water partition coefficient (Wildman–Crippen LogP) is 2.64. The number of ketones is 1. The van der Waals surface area contributed by atoms with Crippen LogP contribution in [0.2, 0.25) is 0 Å². The summed E-state index contributed by atoms with van der Waals surface area (Å²) in [7, 11) is 0. The number of allylic oxidation sites excluding steroid dienone is 1. The molecule has 8 unspecified atom stereocenters. The van der Waals surface area contributed by atoms with E-state index in [1.54, 1.807) is 0 Å². The monoisotopic (exact) mass is 376 g/mol. The zero-order valence-corrected chi connectivity index (χ0v) is 16.8. The zero-order chi connectivity index (χ0) is 19.9. The number of Topliss-reactive ketones (excluding diaryl/α,β-unsaturated/α-hetero) is 1. The molecule has 4 rings (SSSR count). The molecule has 0 amide bonds. The van der Waals surface area contributed by atoms with Crippen LogP contribution in [0, 0.1) is 34.0 Å². The Balaban J connectivity index is 1.80. The van der Waals surface area contributed by atoms with Gasteiger partial charge in [-0.1, -0.05) is 27.4 Å². The highest BCUT2D eigenvalue weighted by molar-refractivity contribution is 6.03. The molecule has 1 spiro atoms. The van der Waals surface area contributed by atoms with Gasteiger partial charge in [0.15, 0.2) is 5.78 Å². The van der Waals surface area contributed by atoms with Crippen molar-refractivity contribution in [3.63, 3.8) is 0 Å². The second-order valence-electron chi connectivity index (χ2n) is 10.4. The van der Waals surface area contributed by atoms with Crippen LogP contribution >= 0.6 is 0 Å². The Morgan fingerprint density at radius 3 is 2.44 bits per heavy atom. The summed E-state index contributed by atoms with van der Waals surface area (Å²) in [5, 5.41) is 22.4. The molecule has 4 aliphatic rings. The third-order valence-corrected chi connectivity index (χ3v) is 8.62. The summed E-state index contributed by atoms with van der Waals surface area (Å²) in [5.41, 5.74) is -0.870. The van der Waals surface area contributed by atoms with E-state index in [0.29, 0.717) is 31.3 Å². The number of aliphatic hydroxyl groups is 2. The lowest BCUT2D eigenvalue weighted by atomic mass is 9.39. The molecule has 5 nitrogen and oxygen atoms in total. The number of rotatable bonds is 1. The first kappa shape index (κ1) is 19.1. The summed E-state index contributed by atoms with van der Waals surface area (Å²) in [6, 6.07) is 0. The van der Waals surface area contributed by atoms with Crippen molar-refractivity contribution in [1.29, 1.82) is 0 Å². The Morgan fingerprint density at radius 1 is 1.15 bits per heavy atom. The number of carbonyl (C=O) groups is 2. The quantitative estimate of drug-likeness (QED) is 0.543. The van der Waals surface area contributed by atoms with Crippen LogP contribution in [0.4, 0.5) is 0 Å². The lowest BCUT2D eigenvalue weighted by Crippen LogP contribution is -2.67. The zero-order valence-electron chi connectivity index (χ0n) is 16.8. The number of ether oxygens (including phenoxy) is 1. The average Bonchev–Trinajstić information content (AvgIpc) is 2.70. The summed E-state index contributed by atoms with van der Waals surface area (Å²) in [6.07, 6.45) is 1.59. The van der Waals surface area contributed by atoms with Gasteiger partial charge in [0.2, 0.25) is 0 Å². The molecule has 0 aliphatic heterocycles. The van der Waals surface area contributed by atoms with Crippen LogP contribution in [0.3, 0.4) is 0 Å². The van der Waals surface area contributed by atoms with Crippen molar-refractivity contribution in [3.8, 4) is 0 Å². The molecule has 4 aliphatic carbocycles. The van der Waals surface area contributed by atoms with Crippen LogP contribution in [0.15, 0.2) is 12.2 Å². The summed E-state index contributed by atoms with van der Waals surface area (Å²) in [4.78, 5) is 24.8. The third kappa shape index (κ3) is 2.30. The van der Waals surface area contributed by atoms with E-state index in [1.165, 1.54) is 6.92 Å². The molecular weight excluding hydrogens is 344 g/mol. The van der Waals surface area contributed by atoms with E-state index in [2.05, 4.69) is 27.4 Å². The summed E-state index contributed by atoms with van der Waals surface area (Å²) >= 11 is 0. The van der Waals surface area contributed by atoms with Crippen molar-refractivity contribution in [3.05, 3.63) is 12.2 Å². The van der Waals surface area contributed by atoms with E-state index in [0.717, 1.165) is 6.42 Å². The van der Waals surface area contributed by atoms with Gasteiger partial charge in [0.05, 0.1) is 12.2 Å². The SMILES string of the molecule is C=C1C(=O)C23CC1CC(O)C2C1(C)CCC(OC(C)=O)C(C)(C)C1C(O)C3. The Morgan fingerprint density at radius 2 is 1.81 bits per heavy atom. The van der Waals surface area contributed by atoms with Gasteiger partial charge in [0.1, 0.15) is 6.10 Å². The molecule has 0 saturated heterocycles. The van der Waals surface area contributed by atoms with Gasteiger partial charge in [-0.25, -0.2) is 0 Å². The minimum atomic E-state index is -0.686. The van der Waals surface area contributed by atoms with Crippen LogP contribution in [0.5, 0.6) is 0 Å². The topological polar surface area (TPSA) is 83.8 Å². The van der Waals surface area contributed by atoms with Crippen molar-refractivity contribution in [2.45, 2.75) is 78.1 Å². The molecule has 0 aromatic heterocycles. The van der Waals surface area contributed by atoms with Gasteiger partial charge in [0, 0.05) is 23.7 Å². The second kappa shape index (κ2) is 5.66. The maximum absolute atomic E-state index is 13.2. The largest absolute Gasteiger partial charge is 0.462 e. The van der Waals surface area contributed by atoms with Gasteiger partial charge < -0.3 is 14.9 Å². The highest BCUT2D eigenvalue weighted by Gasteiger charge is 2.72. The maximum Gasteiger partial charge on any atom is 0.302 e. The molecule has 0 radical (unpaired) electrons. The molecule has 27 heavy (non-hydrogen) atoms. The summed E-state index contributed by atoms with van der Waals surface area (Å²) < 4.78 is 5.62. The molecule has 2 N–H and O–H groups in total. The van der Waals surface area contributed by atoms with E-state index < -0.39 is 23.0 Å². The molecule has 0 aromatic carbocycles. The van der Waals surface area contributed by atoms with Gasteiger partial charge in [-0.2, -0.15) is 0 Å². The van der Waals surface area contributed by atoms with E-state index in [4.69, 9.17) is 4.74 Å². The Bertz CT molecular complexity index is 711. The second-order valence-corrected chi connectivity index (χ2v) is 10.4. The Labute approximate surface area is 161 Å². The fraction of sp³-hybridized carbons (Fsp3) is 0.818. The molecule has 4 fully saturated rings. The fourth-order valence-electron chi connectivity index (χ4n) is 8.03. The number of hydrogen-bond acceptors (Lipinski definition) is 5. The standard InChI is InChI=1S/C22H32O5/c1-11-13-8-14(24)18-21(5)7-6-16(27-12(2)23)20(3,4)17(21)15(25)10-22(18,9-13)19(11)26/h13-18,24-25H,1,6-10H2,2-5H3. The lowest BCUT2D eigenvalue weighted by molar-refractivity contribution is -0.244. The molecule has 0 aromatic rings. The van der Waals surface area contributed by atoms with Gasteiger partial charge >= 0.3 is 5.97 Å². The van der Waals surface area contributed by atoms with Gasteiger partial charge in [-0.05, 0) is 54.9 Å². The van der Waals surface area contributed by atoms with Crippen LogP contribution in [0.1, 0.15) is 59.8 Å². The lowest BCUT2D eigenvalue weighted by Gasteiger charge is -2.66. The number of hydrogen-bond donors (Lipinski definition) is 2. The fourth-order valence-corrected chi connectivity index (χ4v) is 8.03. The van der Waals surface area contributed by atoms with Crippen molar-refractivity contribution in [2.24, 2.45) is 34.0 Å². The predicted molar refractivity (Wildman–Crippen MR) is 99.6 cm³/mol. The van der Waals surface area contributed by atoms with Gasteiger partial charge in [-0.15, -0.1) is 0 Å². The first-order valence-corrected chi connectivity index (χ1v) is 10.2. The van der Waals surface area contributed by atoms with E-state index in [1.807, 2.05) is 0 Å². The summed E-state index contributed by atoms with van der Waals surface area (Å²) in [6.45, 7) is 11.7. The molecule has 4 saturated carbocycles. The number of aliphatic hydroxyl groups excluding tert-OH is 2. The van der Waals surface area contributed by atoms with E-state index in [-0.39, 0.29) is 41.0 Å². The van der Waals surface area contributed by atoms with Crippen molar-refractivity contribution in [1.82, 2.24) is 0 Å². The van der Waals surface area contributed by atoms with Crippen molar-refractivity contribution in [2.75, 3.05) is 0 Å². The molecule has 2 bridgehead atoms. The van der Waals surface area contributed by atoms with E-state index >= 15 is 0 Å². The van der Waals surface area contributed by atoms with Gasteiger partial charge in [-0.3, -0.25) is 9.59 Å².